The monoisotopic (exact) mass is 322 g/mol. The fourth-order valence-corrected chi connectivity index (χ4v) is 2.84. The lowest BCUT2D eigenvalue weighted by Crippen LogP contribution is -2.14. The van der Waals surface area contributed by atoms with Gasteiger partial charge in [0.2, 0.25) is 0 Å². The van der Waals surface area contributed by atoms with Crippen LogP contribution in [0.25, 0.3) is 33.1 Å². The molecule has 1 atom stereocenters. The summed E-state index contributed by atoms with van der Waals surface area (Å²) >= 11 is 0. The van der Waals surface area contributed by atoms with E-state index in [-0.39, 0.29) is 6.10 Å². The maximum atomic E-state index is 6.15. The zero-order chi connectivity index (χ0) is 16.7. The fraction of sp³-hybridized carbons (Fsp3) is 0.235. The van der Waals surface area contributed by atoms with Crippen LogP contribution in [0, 0.1) is 0 Å². The number of benzene rings is 1. The summed E-state index contributed by atoms with van der Waals surface area (Å²) in [6.45, 7) is 2.67. The van der Waals surface area contributed by atoms with E-state index in [0.29, 0.717) is 12.4 Å². The molecule has 122 valence electrons. The van der Waals surface area contributed by atoms with Crippen molar-refractivity contribution in [2.75, 3.05) is 12.8 Å². The predicted octanol–water partition coefficient (Wildman–Crippen LogP) is 2.59. The zero-order valence-corrected chi connectivity index (χ0v) is 13.5. The van der Waals surface area contributed by atoms with Crippen LogP contribution >= 0.6 is 0 Å². The Morgan fingerprint density at radius 1 is 1.29 bits per heavy atom. The third kappa shape index (κ3) is 2.39. The van der Waals surface area contributed by atoms with Crippen molar-refractivity contribution < 1.29 is 4.74 Å². The Morgan fingerprint density at radius 3 is 2.92 bits per heavy atom. The maximum Gasteiger partial charge on any atom is 0.135 e. The molecule has 0 amide bonds. The first-order valence-corrected chi connectivity index (χ1v) is 7.74. The summed E-state index contributed by atoms with van der Waals surface area (Å²) < 4.78 is 7.17. The first-order chi connectivity index (χ1) is 11.7. The molecule has 3 N–H and O–H groups in total. The minimum Gasteiger partial charge on any atom is -0.383 e. The average molecular weight is 322 g/mol. The van der Waals surface area contributed by atoms with Crippen molar-refractivity contribution in [2.45, 2.75) is 19.6 Å². The van der Waals surface area contributed by atoms with E-state index in [1.165, 1.54) is 0 Å². The van der Waals surface area contributed by atoms with E-state index < -0.39 is 0 Å². The van der Waals surface area contributed by atoms with Crippen molar-refractivity contribution in [1.29, 1.82) is 0 Å². The normalized spacial score (nSPS) is 12.9. The Kier molecular flexibility index (Phi) is 3.42. The van der Waals surface area contributed by atoms with Crippen LogP contribution in [0.2, 0.25) is 0 Å². The number of rotatable bonds is 4. The number of anilines is 1. The molecule has 0 fully saturated rings. The Labute approximate surface area is 138 Å². The lowest BCUT2D eigenvalue weighted by atomic mass is 10.1. The lowest BCUT2D eigenvalue weighted by molar-refractivity contribution is 0.100. The molecule has 0 radical (unpaired) electrons. The van der Waals surface area contributed by atoms with Crippen LogP contribution in [-0.4, -0.2) is 38.2 Å². The largest absolute Gasteiger partial charge is 0.383 e. The van der Waals surface area contributed by atoms with Crippen molar-refractivity contribution in [3.8, 4) is 11.3 Å². The van der Waals surface area contributed by atoms with E-state index in [1.54, 1.807) is 13.3 Å². The second kappa shape index (κ2) is 5.61. The second-order valence-electron chi connectivity index (χ2n) is 5.86. The third-order valence-corrected chi connectivity index (χ3v) is 4.19. The molecule has 3 heterocycles. The quantitative estimate of drug-likeness (QED) is 0.602. The zero-order valence-electron chi connectivity index (χ0n) is 13.5. The number of methoxy groups -OCH3 is 1. The summed E-state index contributed by atoms with van der Waals surface area (Å²) in [5.41, 5.74) is 9.78. The van der Waals surface area contributed by atoms with Crippen LogP contribution in [0.5, 0.6) is 0 Å². The number of aromatic nitrogens is 5. The van der Waals surface area contributed by atoms with Crippen molar-refractivity contribution in [3.05, 3.63) is 36.7 Å². The number of hydrogen-bond acceptors (Lipinski definition) is 5. The number of fused-ring (bicyclic) bond motifs is 3. The first-order valence-electron chi connectivity index (χ1n) is 7.74. The summed E-state index contributed by atoms with van der Waals surface area (Å²) in [6, 6.07) is 7.97. The van der Waals surface area contributed by atoms with Crippen LogP contribution in [0.3, 0.4) is 0 Å². The van der Waals surface area contributed by atoms with Gasteiger partial charge in [0.1, 0.15) is 11.3 Å². The van der Waals surface area contributed by atoms with Crippen LogP contribution in [-0.2, 0) is 11.3 Å². The average Bonchev–Trinajstić information content (AvgIpc) is 3.24. The van der Waals surface area contributed by atoms with Crippen LogP contribution in [0.1, 0.15) is 6.92 Å². The van der Waals surface area contributed by atoms with Crippen LogP contribution < -0.4 is 5.73 Å². The van der Waals surface area contributed by atoms with Gasteiger partial charge >= 0.3 is 0 Å². The number of nitrogens with one attached hydrogen (secondary N) is 1. The molecule has 1 unspecified atom stereocenters. The Bertz CT molecular complexity index is 1000. The molecule has 0 saturated carbocycles. The second-order valence-corrected chi connectivity index (χ2v) is 5.86. The topological polar surface area (TPSA) is 94.6 Å². The number of nitrogens with zero attached hydrogens (tertiary/aromatic N) is 4. The molecule has 0 aliphatic heterocycles. The molecule has 7 heteroatoms. The van der Waals surface area contributed by atoms with E-state index in [1.807, 2.05) is 42.1 Å². The molecular formula is C17H18N6O. The number of nitrogens with two attached hydrogens (primary N) is 1. The summed E-state index contributed by atoms with van der Waals surface area (Å²) in [6.07, 6.45) is 3.73. The summed E-state index contributed by atoms with van der Waals surface area (Å²) in [7, 11) is 1.69. The van der Waals surface area contributed by atoms with Gasteiger partial charge in [-0.15, -0.1) is 0 Å². The smallest absolute Gasteiger partial charge is 0.135 e. The molecule has 0 aliphatic rings. The first kappa shape index (κ1) is 14.6. The standard InChI is InChI=1S/C17H18N6O/c1-10(24-2)8-23-9-13-16(22-23)12-4-3-11(14-5-6-19-21-14)7-15(12)20-17(13)18/h3-7,9-10H,8H2,1-2H3,(H2,18,20)(H,19,21). The van der Waals surface area contributed by atoms with E-state index in [4.69, 9.17) is 10.5 Å². The molecule has 0 bridgehead atoms. The van der Waals surface area contributed by atoms with Crippen molar-refractivity contribution in [2.24, 2.45) is 0 Å². The Morgan fingerprint density at radius 2 is 2.17 bits per heavy atom. The molecule has 0 spiro atoms. The van der Waals surface area contributed by atoms with Gasteiger partial charge in [0.15, 0.2) is 0 Å². The molecule has 0 saturated heterocycles. The number of H-pyrrole nitrogens is 1. The van der Waals surface area contributed by atoms with E-state index >= 15 is 0 Å². The van der Waals surface area contributed by atoms with Gasteiger partial charge in [-0.25, -0.2) is 4.98 Å². The number of nitrogen functional groups attached to an aromatic ring is 1. The highest BCUT2D eigenvalue weighted by molar-refractivity contribution is 6.08. The minimum atomic E-state index is 0.0757. The van der Waals surface area contributed by atoms with Crippen molar-refractivity contribution in [3.63, 3.8) is 0 Å². The highest BCUT2D eigenvalue weighted by Crippen LogP contribution is 2.29. The number of aromatic amines is 1. The molecule has 7 nitrogen and oxygen atoms in total. The lowest BCUT2D eigenvalue weighted by Gasteiger charge is -2.08. The van der Waals surface area contributed by atoms with Gasteiger partial charge in [-0.3, -0.25) is 9.78 Å². The number of pyridine rings is 1. The van der Waals surface area contributed by atoms with Gasteiger partial charge in [0, 0.05) is 30.5 Å². The minimum absolute atomic E-state index is 0.0757. The van der Waals surface area contributed by atoms with Gasteiger partial charge in [0.05, 0.1) is 29.2 Å². The van der Waals surface area contributed by atoms with Gasteiger partial charge in [-0.2, -0.15) is 10.2 Å². The van der Waals surface area contributed by atoms with Gasteiger partial charge < -0.3 is 10.5 Å². The highest BCUT2D eigenvalue weighted by Gasteiger charge is 2.13. The molecule has 24 heavy (non-hydrogen) atoms. The van der Waals surface area contributed by atoms with Crippen molar-refractivity contribution >= 4 is 27.6 Å². The molecule has 1 aromatic carbocycles. The van der Waals surface area contributed by atoms with E-state index in [9.17, 15) is 0 Å². The van der Waals surface area contributed by atoms with E-state index in [0.717, 1.165) is 33.1 Å². The summed E-state index contributed by atoms with van der Waals surface area (Å²) in [5, 5.41) is 13.5. The third-order valence-electron chi connectivity index (χ3n) is 4.19. The molecular weight excluding hydrogens is 304 g/mol. The number of ether oxygens (including phenoxy) is 1. The molecule has 0 aliphatic carbocycles. The van der Waals surface area contributed by atoms with Gasteiger partial charge in [-0.1, -0.05) is 6.07 Å². The SMILES string of the molecule is COC(C)Cn1cc2c(N)nc3cc(-c4ccn[nH]4)ccc3c2n1. The summed E-state index contributed by atoms with van der Waals surface area (Å²) in [5.74, 6) is 0.482. The van der Waals surface area contributed by atoms with Crippen LogP contribution in [0.4, 0.5) is 5.82 Å². The highest BCUT2D eigenvalue weighted by atomic mass is 16.5. The molecule has 4 rings (SSSR count). The fourth-order valence-electron chi connectivity index (χ4n) is 2.84. The Hall–Kier alpha value is -2.93. The van der Waals surface area contributed by atoms with Gasteiger partial charge in [-0.05, 0) is 25.1 Å². The van der Waals surface area contributed by atoms with E-state index in [2.05, 4.69) is 20.3 Å². The van der Waals surface area contributed by atoms with Crippen molar-refractivity contribution in [1.82, 2.24) is 25.0 Å². The Balaban J connectivity index is 1.87. The number of hydrogen-bond donors (Lipinski definition) is 2. The molecule has 4 aromatic rings. The summed E-state index contributed by atoms with van der Waals surface area (Å²) in [4.78, 5) is 4.55. The maximum absolute atomic E-state index is 6.15. The predicted molar refractivity (Wildman–Crippen MR) is 93.5 cm³/mol. The molecule has 3 aromatic heterocycles. The van der Waals surface area contributed by atoms with Crippen LogP contribution in [0.15, 0.2) is 36.7 Å². The van der Waals surface area contributed by atoms with Gasteiger partial charge in [0.25, 0.3) is 0 Å².